The first-order valence-corrected chi connectivity index (χ1v) is 7.88. The highest BCUT2D eigenvalue weighted by atomic mass is 35.5. The Balaban J connectivity index is 1.69. The fourth-order valence-electron chi connectivity index (χ4n) is 2.78. The maximum absolute atomic E-state index is 10.8. The molecule has 1 heterocycles. The molecular formula is C17H17ClN2O3. The minimum absolute atomic E-state index is 0.00492. The molecule has 0 bridgehead atoms. The molecule has 0 spiro atoms. The van der Waals surface area contributed by atoms with Gasteiger partial charge in [-0.2, -0.15) is 0 Å². The van der Waals surface area contributed by atoms with Gasteiger partial charge in [-0.1, -0.05) is 41.9 Å². The van der Waals surface area contributed by atoms with E-state index in [9.17, 15) is 10.1 Å². The third-order valence-electron chi connectivity index (χ3n) is 3.98. The summed E-state index contributed by atoms with van der Waals surface area (Å²) < 4.78 is 5.85. The standard InChI is InChI=1S/C17H17ClN2O3/c18-15-11-14(20(21)22)6-7-16(15)19-13-8-9-23-17(10-13)12-4-2-1-3-5-12/h1-7,11,13,17,19H,8-10H2. The number of non-ortho nitro benzene ring substituents is 1. The van der Waals surface area contributed by atoms with E-state index in [1.807, 2.05) is 18.2 Å². The second-order valence-electron chi connectivity index (χ2n) is 5.56. The number of hydrogen-bond donors (Lipinski definition) is 1. The van der Waals surface area contributed by atoms with Crippen LogP contribution in [0.3, 0.4) is 0 Å². The lowest BCUT2D eigenvalue weighted by molar-refractivity contribution is -0.384. The van der Waals surface area contributed by atoms with Gasteiger partial charge in [-0.25, -0.2) is 0 Å². The largest absolute Gasteiger partial charge is 0.381 e. The minimum atomic E-state index is -0.449. The maximum atomic E-state index is 10.8. The van der Waals surface area contributed by atoms with Gasteiger partial charge in [-0.15, -0.1) is 0 Å². The van der Waals surface area contributed by atoms with Crippen LogP contribution in [0.5, 0.6) is 0 Å². The number of nitro benzene ring substituents is 1. The fraction of sp³-hybridized carbons (Fsp3) is 0.294. The zero-order valence-corrected chi connectivity index (χ0v) is 13.2. The number of nitrogens with zero attached hydrogens (tertiary/aromatic N) is 1. The van der Waals surface area contributed by atoms with Crippen LogP contribution in [0, 0.1) is 10.1 Å². The lowest BCUT2D eigenvalue weighted by atomic mass is 9.97. The highest BCUT2D eigenvalue weighted by molar-refractivity contribution is 6.33. The summed E-state index contributed by atoms with van der Waals surface area (Å²) in [7, 11) is 0. The molecule has 23 heavy (non-hydrogen) atoms. The van der Waals surface area contributed by atoms with Crippen LogP contribution in [0.1, 0.15) is 24.5 Å². The molecule has 0 aliphatic carbocycles. The zero-order valence-electron chi connectivity index (χ0n) is 12.4. The second-order valence-corrected chi connectivity index (χ2v) is 5.96. The molecule has 2 unspecified atom stereocenters. The molecule has 0 radical (unpaired) electrons. The average Bonchev–Trinajstić information content (AvgIpc) is 2.57. The van der Waals surface area contributed by atoms with E-state index in [2.05, 4.69) is 17.4 Å². The number of benzene rings is 2. The van der Waals surface area contributed by atoms with E-state index < -0.39 is 4.92 Å². The van der Waals surface area contributed by atoms with Crippen LogP contribution in [0.15, 0.2) is 48.5 Å². The molecule has 1 aliphatic heterocycles. The van der Waals surface area contributed by atoms with Crippen molar-refractivity contribution < 1.29 is 9.66 Å². The van der Waals surface area contributed by atoms with Crippen molar-refractivity contribution in [3.63, 3.8) is 0 Å². The molecule has 5 nitrogen and oxygen atoms in total. The van der Waals surface area contributed by atoms with Gasteiger partial charge in [0.05, 0.1) is 21.7 Å². The first-order chi connectivity index (χ1) is 11.1. The molecule has 2 aromatic carbocycles. The Kier molecular flexibility index (Phi) is 4.79. The lowest BCUT2D eigenvalue weighted by Crippen LogP contribution is -2.30. The smallest absolute Gasteiger partial charge is 0.271 e. The average molecular weight is 333 g/mol. The molecule has 1 fully saturated rings. The fourth-order valence-corrected chi connectivity index (χ4v) is 3.01. The zero-order chi connectivity index (χ0) is 16.2. The van der Waals surface area contributed by atoms with Crippen molar-refractivity contribution in [2.45, 2.75) is 25.0 Å². The number of halogens is 1. The van der Waals surface area contributed by atoms with E-state index in [-0.39, 0.29) is 17.8 Å². The van der Waals surface area contributed by atoms with Crippen LogP contribution >= 0.6 is 11.6 Å². The molecule has 2 atom stereocenters. The quantitative estimate of drug-likeness (QED) is 0.657. The first-order valence-electron chi connectivity index (χ1n) is 7.50. The van der Waals surface area contributed by atoms with E-state index >= 15 is 0 Å². The second kappa shape index (κ2) is 6.98. The predicted octanol–water partition coefficient (Wildman–Crippen LogP) is 4.58. The summed E-state index contributed by atoms with van der Waals surface area (Å²) in [5, 5.41) is 14.5. The Hall–Kier alpha value is -2.11. The lowest BCUT2D eigenvalue weighted by Gasteiger charge is -2.31. The molecule has 1 saturated heterocycles. The van der Waals surface area contributed by atoms with Gasteiger partial charge in [0.15, 0.2) is 0 Å². The summed E-state index contributed by atoms with van der Waals surface area (Å²) in [5.74, 6) is 0. The molecule has 0 amide bonds. The maximum Gasteiger partial charge on any atom is 0.271 e. The van der Waals surface area contributed by atoms with E-state index in [1.165, 1.54) is 12.1 Å². The molecule has 6 heteroatoms. The van der Waals surface area contributed by atoms with Gasteiger partial charge in [-0.05, 0) is 24.5 Å². The van der Waals surface area contributed by atoms with Gasteiger partial charge >= 0.3 is 0 Å². The van der Waals surface area contributed by atoms with E-state index in [0.29, 0.717) is 11.6 Å². The molecule has 1 N–H and O–H groups in total. The van der Waals surface area contributed by atoms with Crippen molar-refractivity contribution in [2.75, 3.05) is 11.9 Å². The SMILES string of the molecule is O=[N+]([O-])c1ccc(NC2CCOC(c3ccccc3)C2)c(Cl)c1. The normalized spacial score (nSPS) is 20.9. The van der Waals surface area contributed by atoms with Crippen molar-refractivity contribution >= 4 is 23.0 Å². The molecular weight excluding hydrogens is 316 g/mol. The number of hydrogen-bond acceptors (Lipinski definition) is 4. The predicted molar refractivity (Wildman–Crippen MR) is 89.9 cm³/mol. The summed E-state index contributed by atoms with van der Waals surface area (Å²) in [6, 6.07) is 14.8. The van der Waals surface area contributed by atoms with Gasteiger partial charge in [0.2, 0.25) is 0 Å². The highest BCUT2D eigenvalue weighted by Crippen LogP contribution is 2.32. The Bertz CT molecular complexity index is 693. The van der Waals surface area contributed by atoms with Crippen molar-refractivity contribution in [3.05, 3.63) is 69.2 Å². The van der Waals surface area contributed by atoms with Crippen LogP contribution in [-0.2, 0) is 4.74 Å². The van der Waals surface area contributed by atoms with Crippen molar-refractivity contribution in [3.8, 4) is 0 Å². The molecule has 0 saturated carbocycles. The number of nitrogens with one attached hydrogen (secondary N) is 1. The van der Waals surface area contributed by atoms with Crippen LogP contribution in [0.25, 0.3) is 0 Å². The molecule has 3 rings (SSSR count). The molecule has 0 aromatic heterocycles. The Morgan fingerprint density at radius 1 is 1.22 bits per heavy atom. The number of nitro groups is 1. The Morgan fingerprint density at radius 3 is 2.70 bits per heavy atom. The van der Waals surface area contributed by atoms with Gasteiger partial charge in [-0.3, -0.25) is 10.1 Å². The van der Waals surface area contributed by atoms with Crippen LogP contribution in [-0.4, -0.2) is 17.6 Å². The summed E-state index contributed by atoms with van der Waals surface area (Å²) in [6.07, 6.45) is 1.76. The van der Waals surface area contributed by atoms with E-state index in [4.69, 9.17) is 16.3 Å². The number of ether oxygens (including phenoxy) is 1. The Morgan fingerprint density at radius 2 is 2.00 bits per heavy atom. The van der Waals surface area contributed by atoms with Gasteiger partial charge in [0.25, 0.3) is 5.69 Å². The summed E-state index contributed by atoms with van der Waals surface area (Å²) in [4.78, 5) is 10.3. The van der Waals surface area contributed by atoms with Crippen molar-refractivity contribution in [1.29, 1.82) is 0 Å². The Labute approximate surface area is 139 Å². The summed E-state index contributed by atoms with van der Waals surface area (Å²) >= 11 is 6.15. The summed E-state index contributed by atoms with van der Waals surface area (Å²) in [6.45, 7) is 0.668. The van der Waals surface area contributed by atoms with Gasteiger partial charge < -0.3 is 10.1 Å². The third kappa shape index (κ3) is 3.81. The van der Waals surface area contributed by atoms with Crippen molar-refractivity contribution in [1.82, 2.24) is 0 Å². The topological polar surface area (TPSA) is 64.4 Å². The summed E-state index contributed by atoms with van der Waals surface area (Å²) in [5.41, 5.74) is 1.87. The molecule has 2 aromatic rings. The van der Waals surface area contributed by atoms with Crippen LogP contribution in [0.4, 0.5) is 11.4 Å². The van der Waals surface area contributed by atoms with Crippen LogP contribution < -0.4 is 5.32 Å². The van der Waals surface area contributed by atoms with Crippen LogP contribution in [0.2, 0.25) is 5.02 Å². The molecule has 120 valence electrons. The first kappa shape index (κ1) is 15.8. The number of rotatable bonds is 4. The molecule has 1 aliphatic rings. The van der Waals surface area contributed by atoms with E-state index in [1.54, 1.807) is 6.07 Å². The third-order valence-corrected chi connectivity index (χ3v) is 4.29. The monoisotopic (exact) mass is 332 g/mol. The van der Waals surface area contributed by atoms with E-state index in [0.717, 1.165) is 24.1 Å². The van der Waals surface area contributed by atoms with Crippen molar-refractivity contribution in [2.24, 2.45) is 0 Å². The highest BCUT2D eigenvalue weighted by Gasteiger charge is 2.24. The van der Waals surface area contributed by atoms with Gasteiger partial charge in [0, 0.05) is 24.8 Å². The number of anilines is 1. The minimum Gasteiger partial charge on any atom is -0.381 e. The van der Waals surface area contributed by atoms with Gasteiger partial charge in [0.1, 0.15) is 0 Å².